The Balaban J connectivity index is 3.52. The molecule has 0 rings (SSSR count). The average Bonchev–Trinajstić information content (AvgIpc) is 2.55. The van der Waals surface area contributed by atoms with Crippen molar-refractivity contribution in [2.24, 2.45) is 0 Å². The van der Waals surface area contributed by atoms with Gasteiger partial charge < -0.3 is 9.47 Å². The van der Waals surface area contributed by atoms with Crippen LogP contribution in [-0.4, -0.2) is 23.1 Å². The summed E-state index contributed by atoms with van der Waals surface area (Å²) in [7, 11) is 0. The van der Waals surface area contributed by atoms with Crippen LogP contribution in [0.25, 0.3) is 0 Å². The van der Waals surface area contributed by atoms with Crippen LogP contribution in [0.3, 0.4) is 0 Å². The molecule has 0 saturated carbocycles. The fraction of sp³-hybridized carbons (Fsp3) is 0.909. The number of halogens is 1. The van der Waals surface area contributed by atoms with E-state index in [0.717, 1.165) is 12.8 Å². The number of hydrogen-bond acceptors (Lipinski definition) is 4. The van der Waals surface area contributed by atoms with Crippen LogP contribution in [0.5, 0.6) is 0 Å². The maximum atomic E-state index is 11.8. The molecule has 0 aromatic carbocycles. The highest BCUT2D eigenvalue weighted by molar-refractivity contribution is 6.20. The minimum atomic E-state index is -0.534. The minimum absolute atomic E-state index is 0.226. The molecular formula is C22H41ClO4. The number of alkyl halides is 1. The summed E-state index contributed by atoms with van der Waals surface area (Å²) in [5.74, 6) is -0.508. The molecule has 0 amide bonds. The van der Waals surface area contributed by atoms with E-state index in [2.05, 4.69) is 6.92 Å². The molecule has 4 nitrogen and oxygen atoms in total. The second kappa shape index (κ2) is 16.2. The van der Waals surface area contributed by atoms with Gasteiger partial charge in [-0.2, -0.15) is 0 Å². The van der Waals surface area contributed by atoms with Gasteiger partial charge in [-0.3, -0.25) is 9.59 Å². The van der Waals surface area contributed by atoms with E-state index in [-0.39, 0.29) is 11.9 Å². The lowest BCUT2D eigenvalue weighted by Gasteiger charge is -2.19. The third-order valence-corrected chi connectivity index (χ3v) is 4.53. The molecule has 0 aromatic rings. The molecular weight excluding hydrogens is 364 g/mol. The van der Waals surface area contributed by atoms with Crippen molar-refractivity contribution in [2.75, 3.05) is 0 Å². The molecule has 0 heterocycles. The molecule has 5 heteroatoms. The molecule has 0 N–H and O–H groups in total. The van der Waals surface area contributed by atoms with Crippen LogP contribution in [0.4, 0.5) is 0 Å². The van der Waals surface area contributed by atoms with Crippen molar-refractivity contribution >= 4 is 23.5 Å². The molecule has 0 aliphatic carbocycles. The standard InChI is InChI=1S/C22H41ClO4/c1-5-6-7-8-9-10-11-12-13-16-19(23)26-20(24)17-14-15-18-21(25)27-22(2,3)4/h19H,5-18H2,1-4H3. The lowest BCUT2D eigenvalue weighted by atomic mass is 10.1. The Kier molecular flexibility index (Phi) is 15.7. The highest BCUT2D eigenvalue weighted by Gasteiger charge is 2.16. The number of hydrogen-bond donors (Lipinski definition) is 0. The van der Waals surface area contributed by atoms with Crippen molar-refractivity contribution in [3.63, 3.8) is 0 Å². The number of carbonyl (C=O) groups excluding carboxylic acids is 2. The number of ether oxygens (including phenoxy) is 2. The fourth-order valence-electron chi connectivity index (χ4n) is 2.81. The van der Waals surface area contributed by atoms with Crippen LogP contribution in [0, 0.1) is 0 Å². The third kappa shape index (κ3) is 19.8. The monoisotopic (exact) mass is 404 g/mol. The van der Waals surface area contributed by atoms with Crippen molar-refractivity contribution in [1.82, 2.24) is 0 Å². The molecule has 27 heavy (non-hydrogen) atoms. The minimum Gasteiger partial charge on any atom is -0.460 e. The van der Waals surface area contributed by atoms with Crippen molar-refractivity contribution in [3.8, 4) is 0 Å². The van der Waals surface area contributed by atoms with Gasteiger partial charge in [-0.25, -0.2) is 0 Å². The molecule has 0 aliphatic rings. The smallest absolute Gasteiger partial charge is 0.307 e. The molecule has 0 bridgehead atoms. The van der Waals surface area contributed by atoms with E-state index in [1.54, 1.807) is 0 Å². The number of esters is 2. The number of rotatable bonds is 16. The summed E-state index contributed by atoms with van der Waals surface area (Å²) < 4.78 is 10.4. The molecule has 0 aliphatic heterocycles. The van der Waals surface area contributed by atoms with E-state index < -0.39 is 11.2 Å². The summed E-state index contributed by atoms with van der Waals surface area (Å²) in [6.07, 6.45) is 13.9. The normalized spacial score (nSPS) is 12.6. The van der Waals surface area contributed by atoms with Crippen molar-refractivity contribution in [1.29, 1.82) is 0 Å². The Morgan fingerprint density at radius 1 is 0.778 bits per heavy atom. The quantitative estimate of drug-likeness (QED) is 0.159. The van der Waals surface area contributed by atoms with Crippen molar-refractivity contribution in [3.05, 3.63) is 0 Å². The maximum absolute atomic E-state index is 11.8. The van der Waals surface area contributed by atoms with Gasteiger partial charge in [-0.1, -0.05) is 69.9 Å². The topological polar surface area (TPSA) is 52.6 Å². The van der Waals surface area contributed by atoms with Gasteiger partial charge in [0.1, 0.15) is 5.60 Å². The summed E-state index contributed by atoms with van der Waals surface area (Å²) in [5, 5.41) is 0. The highest BCUT2D eigenvalue weighted by atomic mass is 35.5. The second-order valence-electron chi connectivity index (χ2n) is 8.31. The second-order valence-corrected chi connectivity index (χ2v) is 8.80. The van der Waals surface area contributed by atoms with Crippen LogP contribution in [0.1, 0.15) is 118 Å². The molecule has 160 valence electrons. The first-order valence-electron chi connectivity index (χ1n) is 10.8. The van der Waals surface area contributed by atoms with Gasteiger partial charge in [0.15, 0.2) is 5.56 Å². The molecule has 1 unspecified atom stereocenters. The van der Waals surface area contributed by atoms with Gasteiger partial charge in [0.25, 0.3) is 0 Å². The molecule has 0 spiro atoms. The van der Waals surface area contributed by atoms with E-state index in [4.69, 9.17) is 21.1 Å². The maximum Gasteiger partial charge on any atom is 0.307 e. The number of unbranched alkanes of at least 4 members (excludes halogenated alkanes) is 9. The largest absolute Gasteiger partial charge is 0.460 e. The predicted molar refractivity (Wildman–Crippen MR) is 112 cm³/mol. The van der Waals surface area contributed by atoms with Crippen molar-refractivity contribution < 1.29 is 19.1 Å². The van der Waals surface area contributed by atoms with Gasteiger partial charge in [-0.15, -0.1) is 0 Å². The van der Waals surface area contributed by atoms with Gasteiger partial charge in [0, 0.05) is 12.8 Å². The van der Waals surface area contributed by atoms with Crippen LogP contribution in [0.2, 0.25) is 0 Å². The van der Waals surface area contributed by atoms with Crippen LogP contribution in [-0.2, 0) is 19.1 Å². The SMILES string of the molecule is CCCCCCCCCCCC(Cl)OC(=O)CCCCC(=O)OC(C)(C)C. The summed E-state index contributed by atoms with van der Waals surface area (Å²) in [4.78, 5) is 23.3. The first-order valence-corrected chi connectivity index (χ1v) is 11.2. The Morgan fingerprint density at radius 3 is 1.78 bits per heavy atom. The molecule has 0 aromatic heterocycles. The summed E-state index contributed by atoms with van der Waals surface area (Å²) in [6, 6.07) is 0. The average molecular weight is 405 g/mol. The predicted octanol–water partition coefficient (Wildman–Crippen LogP) is 6.92. The zero-order valence-corrected chi connectivity index (χ0v) is 18.7. The van der Waals surface area contributed by atoms with E-state index in [0.29, 0.717) is 32.1 Å². The zero-order chi connectivity index (χ0) is 20.5. The van der Waals surface area contributed by atoms with E-state index >= 15 is 0 Å². The highest BCUT2D eigenvalue weighted by Crippen LogP contribution is 2.15. The molecule has 0 saturated heterocycles. The summed E-state index contributed by atoms with van der Waals surface area (Å²) in [6.45, 7) is 7.77. The van der Waals surface area contributed by atoms with Gasteiger partial charge >= 0.3 is 11.9 Å². The Bertz CT molecular complexity index is 390. The van der Waals surface area contributed by atoms with E-state index in [1.165, 1.54) is 44.9 Å². The zero-order valence-electron chi connectivity index (χ0n) is 18.0. The van der Waals surface area contributed by atoms with Crippen LogP contribution in [0.15, 0.2) is 0 Å². The van der Waals surface area contributed by atoms with Crippen LogP contribution < -0.4 is 0 Å². The van der Waals surface area contributed by atoms with E-state index in [9.17, 15) is 9.59 Å². The molecule has 0 fully saturated rings. The first kappa shape index (κ1) is 26.2. The third-order valence-electron chi connectivity index (χ3n) is 4.23. The van der Waals surface area contributed by atoms with Gasteiger partial charge in [0.2, 0.25) is 0 Å². The first-order chi connectivity index (χ1) is 12.7. The lowest BCUT2D eigenvalue weighted by molar-refractivity contribution is -0.155. The Morgan fingerprint density at radius 2 is 1.26 bits per heavy atom. The fourth-order valence-corrected chi connectivity index (χ4v) is 3.06. The Labute approximate surface area is 171 Å². The van der Waals surface area contributed by atoms with Gasteiger partial charge in [0.05, 0.1) is 0 Å². The lowest BCUT2D eigenvalue weighted by Crippen LogP contribution is -2.23. The van der Waals surface area contributed by atoms with E-state index in [1.807, 2.05) is 20.8 Å². The molecule has 0 radical (unpaired) electrons. The molecule has 1 atom stereocenters. The van der Waals surface area contributed by atoms with Crippen LogP contribution >= 0.6 is 11.6 Å². The summed E-state index contributed by atoms with van der Waals surface area (Å²) in [5.41, 5.74) is -0.996. The number of carbonyl (C=O) groups is 2. The Hall–Kier alpha value is -0.770. The van der Waals surface area contributed by atoms with Crippen molar-refractivity contribution in [2.45, 2.75) is 129 Å². The van der Waals surface area contributed by atoms with Gasteiger partial charge in [-0.05, 0) is 46.5 Å². The summed E-state index contributed by atoms with van der Waals surface area (Å²) >= 11 is 6.09.